The van der Waals surface area contributed by atoms with E-state index < -0.39 is 11.2 Å². The molecule has 148 valence electrons. The molecule has 5 nitrogen and oxygen atoms in total. The van der Waals surface area contributed by atoms with Crippen molar-refractivity contribution in [2.75, 3.05) is 0 Å². The van der Waals surface area contributed by atoms with Gasteiger partial charge in [0.05, 0.1) is 11.4 Å². The number of carbonyl (C=O) groups excluding carboxylic acids is 1. The molecule has 1 N–H and O–H groups in total. The number of carbonyl (C=O) groups is 1. The van der Waals surface area contributed by atoms with Crippen LogP contribution in [0.5, 0.6) is 0 Å². The van der Waals surface area contributed by atoms with Gasteiger partial charge in [0.15, 0.2) is 0 Å². The second kappa shape index (κ2) is 7.75. The van der Waals surface area contributed by atoms with Gasteiger partial charge in [-0.25, -0.2) is 9.50 Å². The Kier molecular flexibility index (Phi) is 5.55. The minimum Gasteiger partial charge on any atom is -0.350 e. The van der Waals surface area contributed by atoms with Crippen molar-refractivity contribution >= 4 is 28.3 Å². The lowest BCUT2D eigenvalue weighted by Gasteiger charge is -2.08. The average molecular weight is 408 g/mol. The third-order valence-corrected chi connectivity index (χ3v) is 5.23. The molecule has 1 unspecified atom stereocenters. The molecule has 1 amide bonds. The van der Waals surface area contributed by atoms with Crippen molar-refractivity contribution in [1.29, 1.82) is 0 Å². The number of benzene rings is 1. The van der Waals surface area contributed by atoms with Gasteiger partial charge in [0.1, 0.15) is 0 Å². The van der Waals surface area contributed by atoms with Gasteiger partial charge in [-0.2, -0.15) is 13.2 Å². The second-order valence-electron chi connectivity index (χ2n) is 6.41. The fraction of sp³-hybridized carbons (Fsp3) is 0.316. The largest absolute Gasteiger partial charge is 0.445 e. The summed E-state index contributed by atoms with van der Waals surface area (Å²) in [7, 11) is 0. The zero-order chi connectivity index (χ0) is 20.5. The maximum absolute atomic E-state index is 13.0. The SMILES string of the molecule is CCC(C)NC(=O)/C=C/c1c(-c2ccccc2C)nc2sc(C(F)(F)F)nn12. The lowest BCUT2D eigenvalue weighted by molar-refractivity contribution is -0.138. The third kappa shape index (κ3) is 4.09. The summed E-state index contributed by atoms with van der Waals surface area (Å²) >= 11 is 0.470. The van der Waals surface area contributed by atoms with Crippen molar-refractivity contribution in [1.82, 2.24) is 19.9 Å². The van der Waals surface area contributed by atoms with Gasteiger partial charge >= 0.3 is 6.18 Å². The van der Waals surface area contributed by atoms with Crippen molar-refractivity contribution in [2.45, 2.75) is 39.4 Å². The Morgan fingerprint density at radius 1 is 1.36 bits per heavy atom. The zero-order valence-electron chi connectivity index (χ0n) is 15.5. The number of rotatable bonds is 5. The van der Waals surface area contributed by atoms with E-state index in [0.29, 0.717) is 22.7 Å². The van der Waals surface area contributed by atoms with E-state index in [4.69, 9.17) is 0 Å². The average Bonchev–Trinajstić information content (AvgIpc) is 3.18. The van der Waals surface area contributed by atoms with Crippen LogP contribution in [0.1, 0.15) is 36.5 Å². The van der Waals surface area contributed by atoms with E-state index in [0.717, 1.165) is 22.1 Å². The van der Waals surface area contributed by atoms with Gasteiger partial charge in [0, 0.05) is 17.7 Å². The fourth-order valence-electron chi connectivity index (χ4n) is 2.61. The van der Waals surface area contributed by atoms with Gasteiger partial charge in [-0.1, -0.05) is 42.5 Å². The Morgan fingerprint density at radius 2 is 2.07 bits per heavy atom. The van der Waals surface area contributed by atoms with E-state index >= 15 is 0 Å². The van der Waals surface area contributed by atoms with Crippen molar-refractivity contribution in [3.8, 4) is 11.3 Å². The van der Waals surface area contributed by atoms with E-state index in [9.17, 15) is 18.0 Å². The number of aromatic nitrogens is 3. The van der Waals surface area contributed by atoms with Gasteiger partial charge in [0.2, 0.25) is 15.9 Å². The Balaban J connectivity index is 2.10. The molecule has 2 aromatic heterocycles. The van der Waals surface area contributed by atoms with Gasteiger partial charge in [-0.15, -0.1) is 5.10 Å². The topological polar surface area (TPSA) is 59.3 Å². The summed E-state index contributed by atoms with van der Waals surface area (Å²) in [6.07, 6.45) is -1.03. The number of hydrogen-bond donors (Lipinski definition) is 1. The summed E-state index contributed by atoms with van der Waals surface area (Å²) in [6.45, 7) is 5.71. The van der Waals surface area contributed by atoms with Crippen LogP contribution in [0.25, 0.3) is 22.3 Å². The number of alkyl halides is 3. The molecule has 0 saturated carbocycles. The molecule has 1 atom stereocenters. The highest BCUT2D eigenvalue weighted by atomic mass is 32.1. The predicted molar refractivity (Wildman–Crippen MR) is 103 cm³/mol. The first-order chi connectivity index (χ1) is 13.2. The molecule has 2 heterocycles. The van der Waals surface area contributed by atoms with Crippen molar-refractivity contribution in [3.63, 3.8) is 0 Å². The van der Waals surface area contributed by atoms with Crippen LogP contribution in [0.4, 0.5) is 13.2 Å². The first kappa shape index (κ1) is 20.1. The minimum atomic E-state index is -4.55. The Morgan fingerprint density at radius 3 is 2.71 bits per heavy atom. The fourth-order valence-corrected chi connectivity index (χ4v) is 3.39. The number of amides is 1. The molecule has 0 radical (unpaired) electrons. The number of aryl methyl sites for hydroxylation is 1. The van der Waals surface area contributed by atoms with E-state index in [2.05, 4.69) is 15.4 Å². The number of halogens is 3. The maximum Gasteiger partial charge on any atom is 0.445 e. The molecule has 1 aromatic carbocycles. The molecule has 0 aliphatic heterocycles. The van der Waals surface area contributed by atoms with E-state index in [1.54, 1.807) is 0 Å². The first-order valence-electron chi connectivity index (χ1n) is 8.72. The lowest BCUT2D eigenvalue weighted by atomic mass is 10.0. The maximum atomic E-state index is 13.0. The van der Waals surface area contributed by atoms with E-state index in [1.165, 1.54) is 12.2 Å². The number of fused-ring (bicyclic) bond motifs is 1. The minimum absolute atomic E-state index is 0.00504. The molecular formula is C19H19F3N4OS. The van der Waals surface area contributed by atoms with Crippen LogP contribution in [0, 0.1) is 6.92 Å². The summed E-state index contributed by atoms with van der Waals surface area (Å²) in [5.41, 5.74) is 2.51. The van der Waals surface area contributed by atoms with Gasteiger partial charge in [-0.05, 0) is 31.9 Å². The van der Waals surface area contributed by atoms with Crippen LogP contribution in [-0.4, -0.2) is 26.5 Å². The van der Waals surface area contributed by atoms with Crippen LogP contribution < -0.4 is 5.32 Å². The molecule has 0 fully saturated rings. The highest BCUT2D eigenvalue weighted by Crippen LogP contribution is 2.35. The summed E-state index contributed by atoms with van der Waals surface area (Å²) in [4.78, 5) is 16.6. The smallest absolute Gasteiger partial charge is 0.350 e. The Labute approximate surface area is 163 Å². The summed E-state index contributed by atoms with van der Waals surface area (Å²) in [5.74, 6) is -0.327. The molecule has 9 heteroatoms. The highest BCUT2D eigenvalue weighted by Gasteiger charge is 2.36. The van der Waals surface area contributed by atoms with Crippen LogP contribution >= 0.6 is 11.3 Å². The Hall–Kier alpha value is -2.68. The second-order valence-corrected chi connectivity index (χ2v) is 7.37. The number of nitrogens with one attached hydrogen (secondary N) is 1. The summed E-state index contributed by atoms with van der Waals surface area (Å²) in [6, 6.07) is 7.41. The molecule has 0 spiro atoms. The van der Waals surface area contributed by atoms with Crippen molar-refractivity contribution in [3.05, 3.63) is 46.6 Å². The summed E-state index contributed by atoms with van der Waals surface area (Å²) in [5, 5.41) is 5.49. The highest BCUT2D eigenvalue weighted by molar-refractivity contribution is 7.16. The van der Waals surface area contributed by atoms with E-state index in [1.807, 2.05) is 45.0 Å². The van der Waals surface area contributed by atoms with Gasteiger partial charge in [-0.3, -0.25) is 4.79 Å². The number of nitrogens with zero attached hydrogens (tertiary/aromatic N) is 3. The number of imidazole rings is 1. The van der Waals surface area contributed by atoms with Crippen molar-refractivity contribution in [2.24, 2.45) is 0 Å². The molecule has 0 aliphatic carbocycles. The predicted octanol–water partition coefficient (Wildman–Crippen LogP) is 4.71. The summed E-state index contributed by atoms with van der Waals surface area (Å²) < 4.78 is 40.3. The molecular weight excluding hydrogens is 389 g/mol. The first-order valence-corrected chi connectivity index (χ1v) is 9.53. The normalized spacial score (nSPS) is 13.4. The lowest BCUT2D eigenvalue weighted by Crippen LogP contribution is -2.30. The molecule has 0 saturated heterocycles. The monoisotopic (exact) mass is 408 g/mol. The van der Waals surface area contributed by atoms with Crippen LogP contribution in [-0.2, 0) is 11.0 Å². The number of hydrogen-bond acceptors (Lipinski definition) is 4. The van der Waals surface area contributed by atoms with Crippen LogP contribution in [0.15, 0.2) is 30.3 Å². The van der Waals surface area contributed by atoms with E-state index in [-0.39, 0.29) is 16.9 Å². The van der Waals surface area contributed by atoms with Crippen LogP contribution in [0.3, 0.4) is 0 Å². The molecule has 28 heavy (non-hydrogen) atoms. The third-order valence-electron chi connectivity index (χ3n) is 4.27. The zero-order valence-corrected chi connectivity index (χ0v) is 16.4. The van der Waals surface area contributed by atoms with Crippen molar-refractivity contribution < 1.29 is 18.0 Å². The quantitative estimate of drug-likeness (QED) is 0.622. The molecule has 3 rings (SSSR count). The van der Waals surface area contributed by atoms with Gasteiger partial charge in [0.25, 0.3) is 0 Å². The van der Waals surface area contributed by atoms with Crippen LogP contribution in [0.2, 0.25) is 0 Å². The standard InChI is InChI=1S/C19H19F3N4OS/c1-4-12(3)23-15(27)10-9-14-16(13-8-6-5-7-11(13)2)24-18-26(14)25-17(28-18)19(20,21)22/h5-10,12H,4H2,1-3H3,(H,23,27)/b10-9+. The molecule has 3 aromatic rings. The molecule has 0 aliphatic rings. The van der Waals surface area contributed by atoms with Gasteiger partial charge < -0.3 is 5.32 Å². The Bertz CT molecular complexity index is 1040. The molecule has 0 bridgehead atoms.